The second kappa shape index (κ2) is 7.92. The molecule has 2 rings (SSSR count). The number of ether oxygens (including phenoxy) is 1. The van der Waals surface area contributed by atoms with E-state index in [0.29, 0.717) is 6.10 Å². The highest BCUT2D eigenvalue weighted by atomic mass is 32.1. The molecule has 2 heterocycles. The first-order valence-electron chi connectivity index (χ1n) is 7.37. The van der Waals surface area contributed by atoms with Gasteiger partial charge < -0.3 is 10.1 Å². The Morgan fingerprint density at radius 3 is 2.95 bits per heavy atom. The van der Waals surface area contributed by atoms with Gasteiger partial charge in [0.1, 0.15) is 10.0 Å². The van der Waals surface area contributed by atoms with Crippen molar-refractivity contribution in [2.75, 3.05) is 19.7 Å². The molecule has 1 saturated heterocycles. The number of hydrogen-bond donors (Lipinski definition) is 1. The van der Waals surface area contributed by atoms with Crippen LogP contribution >= 0.6 is 11.3 Å². The molecule has 108 valence electrons. The van der Waals surface area contributed by atoms with Crippen molar-refractivity contribution in [3.05, 3.63) is 10.0 Å². The van der Waals surface area contributed by atoms with Crippen LogP contribution < -0.4 is 5.32 Å². The lowest BCUT2D eigenvalue weighted by molar-refractivity contribution is 0.111. The zero-order chi connectivity index (χ0) is 13.5. The summed E-state index contributed by atoms with van der Waals surface area (Å²) in [4.78, 5) is 0. The van der Waals surface area contributed by atoms with Crippen LogP contribution in [0.3, 0.4) is 0 Å². The molecule has 0 aliphatic carbocycles. The van der Waals surface area contributed by atoms with Crippen LogP contribution in [0.1, 0.15) is 43.1 Å². The van der Waals surface area contributed by atoms with Gasteiger partial charge in [0.15, 0.2) is 0 Å². The van der Waals surface area contributed by atoms with E-state index in [-0.39, 0.29) is 0 Å². The topological polar surface area (TPSA) is 47.0 Å². The van der Waals surface area contributed by atoms with E-state index in [1.165, 1.54) is 17.8 Å². The van der Waals surface area contributed by atoms with Gasteiger partial charge in [-0.1, -0.05) is 13.8 Å². The normalized spacial score (nSPS) is 19.4. The maximum Gasteiger partial charge on any atom is 0.120 e. The van der Waals surface area contributed by atoms with E-state index >= 15 is 0 Å². The predicted octanol–water partition coefficient (Wildman–Crippen LogP) is 2.44. The molecular weight excluding hydrogens is 258 g/mol. The molecule has 0 bridgehead atoms. The van der Waals surface area contributed by atoms with Crippen LogP contribution in [0.4, 0.5) is 0 Å². The van der Waals surface area contributed by atoms with Gasteiger partial charge in [-0.05, 0) is 38.3 Å². The Morgan fingerprint density at radius 1 is 1.37 bits per heavy atom. The van der Waals surface area contributed by atoms with E-state index in [1.54, 1.807) is 11.3 Å². The van der Waals surface area contributed by atoms with Gasteiger partial charge in [0.05, 0.1) is 6.10 Å². The summed E-state index contributed by atoms with van der Waals surface area (Å²) in [5, 5.41) is 14.3. The van der Waals surface area contributed by atoms with Crippen LogP contribution in [0.15, 0.2) is 0 Å². The van der Waals surface area contributed by atoms with Crippen molar-refractivity contribution < 1.29 is 4.74 Å². The molecule has 5 heteroatoms. The van der Waals surface area contributed by atoms with E-state index in [9.17, 15) is 0 Å². The van der Waals surface area contributed by atoms with E-state index in [1.807, 2.05) is 0 Å². The largest absolute Gasteiger partial charge is 0.378 e. The van der Waals surface area contributed by atoms with Gasteiger partial charge in [-0.2, -0.15) is 0 Å². The van der Waals surface area contributed by atoms with Crippen LogP contribution in [0.25, 0.3) is 0 Å². The second-order valence-corrected chi connectivity index (χ2v) is 6.78. The molecule has 1 atom stereocenters. The minimum absolute atomic E-state index is 0.383. The number of rotatable bonds is 8. The molecule has 1 aromatic heterocycles. The maximum absolute atomic E-state index is 5.63. The van der Waals surface area contributed by atoms with Gasteiger partial charge in [-0.15, -0.1) is 21.5 Å². The number of hydrogen-bond acceptors (Lipinski definition) is 5. The van der Waals surface area contributed by atoms with Crippen molar-refractivity contribution in [3.8, 4) is 0 Å². The average molecular weight is 283 g/mol. The van der Waals surface area contributed by atoms with Gasteiger partial charge >= 0.3 is 0 Å². The van der Waals surface area contributed by atoms with Gasteiger partial charge in [0.2, 0.25) is 0 Å². The molecule has 1 aliphatic heterocycles. The zero-order valence-corrected chi connectivity index (χ0v) is 12.8. The molecule has 1 aromatic rings. The van der Waals surface area contributed by atoms with Crippen molar-refractivity contribution in [2.45, 2.75) is 52.1 Å². The molecule has 19 heavy (non-hydrogen) atoms. The summed E-state index contributed by atoms with van der Waals surface area (Å²) in [6, 6.07) is 0. The summed E-state index contributed by atoms with van der Waals surface area (Å²) in [5.41, 5.74) is 0. The standard InChI is InChI=1S/C14H25N3OS/c1-11(2)10-15-7-3-6-13-16-17-14(19-13)9-12-5-4-8-18-12/h11-12,15H,3-10H2,1-2H3. The fourth-order valence-electron chi connectivity index (χ4n) is 2.23. The smallest absolute Gasteiger partial charge is 0.120 e. The summed E-state index contributed by atoms with van der Waals surface area (Å²) in [6.07, 6.45) is 5.87. The fourth-order valence-corrected chi connectivity index (χ4v) is 3.18. The van der Waals surface area contributed by atoms with Crippen LogP contribution in [0, 0.1) is 5.92 Å². The summed E-state index contributed by atoms with van der Waals surface area (Å²) >= 11 is 1.75. The average Bonchev–Trinajstić information content (AvgIpc) is 3.01. The van der Waals surface area contributed by atoms with Crippen LogP contribution in [-0.4, -0.2) is 36.0 Å². The second-order valence-electron chi connectivity index (χ2n) is 5.63. The highest BCUT2D eigenvalue weighted by Gasteiger charge is 2.18. The Hall–Kier alpha value is -0.520. The van der Waals surface area contributed by atoms with E-state index < -0.39 is 0 Å². The first-order valence-corrected chi connectivity index (χ1v) is 8.19. The molecule has 4 nitrogen and oxygen atoms in total. The molecule has 1 N–H and O–H groups in total. The quantitative estimate of drug-likeness (QED) is 0.744. The van der Waals surface area contributed by atoms with Crippen LogP contribution in [0.5, 0.6) is 0 Å². The minimum Gasteiger partial charge on any atom is -0.378 e. The summed E-state index contributed by atoms with van der Waals surface area (Å²) in [5.74, 6) is 0.722. The first kappa shape index (κ1) is 14.9. The lowest BCUT2D eigenvalue weighted by atomic mass is 10.2. The van der Waals surface area contributed by atoms with Gasteiger partial charge in [0, 0.05) is 19.4 Å². The minimum atomic E-state index is 0.383. The van der Waals surface area contributed by atoms with E-state index in [2.05, 4.69) is 29.4 Å². The molecule has 1 unspecified atom stereocenters. The predicted molar refractivity (Wildman–Crippen MR) is 78.6 cm³/mol. The summed E-state index contributed by atoms with van der Waals surface area (Å²) < 4.78 is 5.63. The molecule has 0 amide bonds. The van der Waals surface area contributed by atoms with Crippen molar-refractivity contribution in [2.24, 2.45) is 5.92 Å². The monoisotopic (exact) mass is 283 g/mol. The molecular formula is C14H25N3OS. The first-order chi connectivity index (χ1) is 9.24. The third kappa shape index (κ3) is 5.55. The van der Waals surface area contributed by atoms with Crippen LogP contribution in [0.2, 0.25) is 0 Å². The number of nitrogens with one attached hydrogen (secondary N) is 1. The van der Waals surface area contributed by atoms with Crippen molar-refractivity contribution in [1.29, 1.82) is 0 Å². The SMILES string of the molecule is CC(C)CNCCCc1nnc(CC2CCCO2)s1. The molecule has 0 saturated carbocycles. The van der Waals surface area contributed by atoms with Crippen molar-refractivity contribution in [3.63, 3.8) is 0 Å². The highest BCUT2D eigenvalue weighted by Crippen LogP contribution is 2.20. The molecule has 0 radical (unpaired) electrons. The molecule has 0 aromatic carbocycles. The van der Waals surface area contributed by atoms with E-state index in [4.69, 9.17) is 4.74 Å². The van der Waals surface area contributed by atoms with Crippen LogP contribution in [-0.2, 0) is 17.6 Å². The Bertz CT molecular complexity index is 361. The number of aromatic nitrogens is 2. The Kier molecular flexibility index (Phi) is 6.20. The zero-order valence-electron chi connectivity index (χ0n) is 12.0. The fraction of sp³-hybridized carbons (Fsp3) is 0.857. The Balaban J connectivity index is 1.63. The molecule has 0 spiro atoms. The van der Waals surface area contributed by atoms with Crippen molar-refractivity contribution >= 4 is 11.3 Å². The Labute approximate surface area is 120 Å². The Morgan fingerprint density at radius 2 is 2.21 bits per heavy atom. The molecule has 1 fully saturated rings. The van der Waals surface area contributed by atoms with E-state index in [0.717, 1.165) is 49.9 Å². The molecule has 1 aliphatic rings. The third-order valence-corrected chi connectivity index (χ3v) is 4.24. The lowest BCUT2D eigenvalue weighted by Gasteiger charge is -2.05. The van der Waals surface area contributed by atoms with Gasteiger partial charge in [-0.3, -0.25) is 0 Å². The highest BCUT2D eigenvalue weighted by molar-refractivity contribution is 7.11. The third-order valence-electron chi connectivity index (χ3n) is 3.23. The number of nitrogens with zero attached hydrogens (tertiary/aromatic N) is 2. The maximum atomic E-state index is 5.63. The van der Waals surface area contributed by atoms with Gasteiger partial charge in [0.25, 0.3) is 0 Å². The summed E-state index contributed by atoms with van der Waals surface area (Å²) in [6.45, 7) is 7.54. The number of aryl methyl sites for hydroxylation is 1. The summed E-state index contributed by atoms with van der Waals surface area (Å²) in [7, 11) is 0. The van der Waals surface area contributed by atoms with Gasteiger partial charge in [-0.25, -0.2) is 0 Å². The lowest BCUT2D eigenvalue weighted by Crippen LogP contribution is -2.21. The van der Waals surface area contributed by atoms with Crippen molar-refractivity contribution in [1.82, 2.24) is 15.5 Å².